The van der Waals surface area contributed by atoms with Crippen molar-refractivity contribution >= 4 is 34.6 Å². The monoisotopic (exact) mass is 944 g/mol. The van der Waals surface area contributed by atoms with Crippen LogP contribution in [0.15, 0.2) is 201 Å². The van der Waals surface area contributed by atoms with E-state index in [0.29, 0.717) is 30.2 Å². The molecule has 0 fully saturated rings. The minimum absolute atomic E-state index is 0.112. The third-order valence-electron chi connectivity index (χ3n) is 11.3. The number of carbonyl (C=O) groups is 2. The van der Waals surface area contributed by atoms with Gasteiger partial charge in [0.1, 0.15) is 5.69 Å². The van der Waals surface area contributed by atoms with Crippen molar-refractivity contribution in [2.24, 2.45) is 0 Å². The van der Waals surface area contributed by atoms with Crippen LogP contribution in [0.5, 0.6) is 0 Å². The zero-order valence-electron chi connectivity index (χ0n) is 40.8. The molecule has 0 spiro atoms. The van der Waals surface area contributed by atoms with Gasteiger partial charge in [-0.25, -0.2) is 0 Å². The number of para-hydroxylation sites is 6. The third kappa shape index (κ3) is 13.3. The molecule has 0 aliphatic rings. The molecular formula is C57H60N12O2. The highest BCUT2D eigenvalue weighted by Crippen LogP contribution is 2.24. The summed E-state index contributed by atoms with van der Waals surface area (Å²) in [5.41, 5.74) is 8.45. The SMILES string of the molecule is C=C(c1cnn(-c2ccccc2)n1)N(CC)c1ccccc1.CCCCN(C(=O)c1cnn(-c2ccccc2)n1)c1ccccc1.CCCCN(C(=O)c1nn(-c2ccccc2)nc1C)c1ccccc1. The van der Waals surface area contributed by atoms with Crippen LogP contribution < -0.4 is 14.7 Å². The van der Waals surface area contributed by atoms with E-state index < -0.39 is 0 Å². The molecule has 3 heterocycles. The summed E-state index contributed by atoms with van der Waals surface area (Å²) in [7, 11) is 0. The number of aryl methyl sites for hydroxylation is 1. The lowest BCUT2D eigenvalue weighted by molar-refractivity contribution is 0.0973. The Morgan fingerprint density at radius 1 is 0.451 bits per heavy atom. The molecule has 0 saturated carbocycles. The average Bonchev–Trinajstić information content (AvgIpc) is 4.23. The van der Waals surface area contributed by atoms with Crippen LogP contribution in [0.2, 0.25) is 0 Å². The number of amides is 2. The fourth-order valence-electron chi connectivity index (χ4n) is 7.47. The molecule has 3 aromatic heterocycles. The summed E-state index contributed by atoms with van der Waals surface area (Å²) >= 11 is 0. The van der Waals surface area contributed by atoms with Crippen LogP contribution in [0.4, 0.5) is 17.1 Å². The van der Waals surface area contributed by atoms with E-state index >= 15 is 0 Å². The Morgan fingerprint density at radius 2 is 0.817 bits per heavy atom. The van der Waals surface area contributed by atoms with Gasteiger partial charge in [0.05, 0.1) is 40.8 Å². The second kappa shape index (κ2) is 25.5. The predicted molar refractivity (Wildman–Crippen MR) is 283 cm³/mol. The van der Waals surface area contributed by atoms with Gasteiger partial charge in [-0.3, -0.25) is 9.59 Å². The molecule has 14 heteroatoms. The fourth-order valence-corrected chi connectivity index (χ4v) is 7.47. The Hall–Kier alpha value is -8.78. The van der Waals surface area contributed by atoms with Crippen molar-refractivity contribution in [3.05, 3.63) is 224 Å². The van der Waals surface area contributed by atoms with E-state index in [9.17, 15) is 9.59 Å². The van der Waals surface area contributed by atoms with E-state index in [-0.39, 0.29) is 11.8 Å². The van der Waals surface area contributed by atoms with Gasteiger partial charge in [-0.15, -0.1) is 15.3 Å². The molecule has 0 radical (unpaired) electrons. The number of anilines is 3. The van der Waals surface area contributed by atoms with E-state index in [0.717, 1.165) is 77.7 Å². The van der Waals surface area contributed by atoms with E-state index in [2.05, 4.69) is 75.0 Å². The molecule has 9 aromatic rings. The summed E-state index contributed by atoms with van der Waals surface area (Å²) in [5, 5.41) is 26.3. The number of rotatable bonds is 17. The van der Waals surface area contributed by atoms with Crippen molar-refractivity contribution in [2.75, 3.05) is 34.3 Å². The van der Waals surface area contributed by atoms with E-state index in [1.165, 1.54) is 15.8 Å². The van der Waals surface area contributed by atoms with Crippen LogP contribution in [0.3, 0.4) is 0 Å². The largest absolute Gasteiger partial charge is 0.340 e. The Morgan fingerprint density at radius 3 is 1.24 bits per heavy atom. The van der Waals surface area contributed by atoms with Gasteiger partial charge >= 0.3 is 0 Å². The Labute approximate surface area is 416 Å². The third-order valence-corrected chi connectivity index (χ3v) is 11.3. The first-order valence-electron chi connectivity index (χ1n) is 24.0. The van der Waals surface area contributed by atoms with Crippen LogP contribution in [0, 0.1) is 6.92 Å². The van der Waals surface area contributed by atoms with Gasteiger partial charge in [0.2, 0.25) is 0 Å². The van der Waals surface area contributed by atoms with Crippen LogP contribution in [0.25, 0.3) is 22.8 Å². The molecule has 6 aromatic carbocycles. The average molecular weight is 945 g/mol. The zero-order chi connectivity index (χ0) is 49.8. The van der Waals surface area contributed by atoms with Crippen LogP contribution in [-0.4, -0.2) is 76.4 Å². The molecule has 14 nitrogen and oxygen atoms in total. The summed E-state index contributed by atoms with van der Waals surface area (Å²) in [6.07, 6.45) is 7.19. The lowest BCUT2D eigenvalue weighted by Crippen LogP contribution is -2.32. The molecule has 0 aliphatic carbocycles. The summed E-state index contributed by atoms with van der Waals surface area (Å²) in [4.78, 5) is 36.3. The van der Waals surface area contributed by atoms with Gasteiger partial charge in [0.25, 0.3) is 11.8 Å². The smallest absolute Gasteiger partial charge is 0.280 e. The molecule has 71 heavy (non-hydrogen) atoms. The molecule has 0 aliphatic heterocycles. The first-order chi connectivity index (χ1) is 34.8. The van der Waals surface area contributed by atoms with Crippen LogP contribution in [-0.2, 0) is 0 Å². The quantitative estimate of drug-likeness (QED) is 0.0874. The Kier molecular flexibility index (Phi) is 18.0. The van der Waals surface area contributed by atoms with E-state index in [4.69, 9.17) is 0 Å². The summed E-state index contributed by atoms with van der Waals surface area (Å²) in [5.74, 6) is -0.240. The van der Waals surface area contributed by atoms with Crippen LogP contribution in [0.1, 0.15) is 78.8 Å². The van der Waals surface area contributed by atoms with E-state index in [1.54, 1.807) is 20.8 Å². The number of hydrogen-bond acceptors (Lipinski definition) is 9. The van der Waals surface area contributed by atoms with Gasteiger partial charge in [0, 0.05) is 36.7 Å². The molecule has 2 amide bonds. The highest BCUT2D eigenvalue weighted by Gasteiger charge is 2.24. The molecule has 0 N–H and O–H groups in total. The van der Waals surface area contributed by atoms with Gasteiger partial charge in [-0.2, -0.15) is 29.7 Å². The minimum Gasteiger partial charge on any atom is -0.340 e. The summed E-state index contributed by atoms with van der Waals surface area (Å²) < 4.78 is 0. The van der Waals surface area contributed by atoms with Gasteiger partial charge in [-0.05, 0) is 99.5 Å². The van der Waals surface area contributed by atoms with E-state index in [1.807, 2.05) is 177 Å². The molecule has 0 bridgehead atoms. The maximum atomic E-state index is 13.1. The van der Waals surface area contributed by atoms with Crippen molar-refractivity contribution in [2.45, 2.75) is 53.4 Å². The summed E-state index contributed by atoms with van der Waals surface area (Å²) in [6, 6.07) is 58.6. The molecule has 0 atom stereocenters. The topological polar surface area (TPSA) is 136 Å². The Balaban J connectivity index is 0.000000157. The second-order valence-corrected chi connectivity index (χ2v) is 16.3. The predicted octanol–water partition coefficient (Wildman–Crippen LogP) is 11.5. The molecule has 0 saturated heterocycles. The number of unbranched alkanes of at least 4 members (excludes halogenated alkanes) is 2. The van der Waals surface area contributed by atoms with Crippen molar-refractivity contribution in [3.63, 3.8) is 0 Å². The van der Waals surface area contributed by atoms with Crippen molar-refractivity contribution in [3.8, 4) is 17.1 Å². The second-order valence-electron chi connectivity index (χ2n) is 16.3. The normalized spacial score (nSPS) is 10.5. The Bertz CT molecular complexity index is 3010. The number of aromatic nitrogens is 9. The molecular weight excluding hydrogens is 885 g/mol. The number of hydrogen-bond donors (Lipinski definition) is 0. The molecule has 9 rings (SSSR count). The van der Waals surface area contributed by atoms with Crippen molar-refractivity contribution < 1.29 is 9.59 Å². The summed E-state index contributed by atoms with van der Waals surface area (Å²) in [6.45, 7) is 14.5. The van der Waals surface area contributed by atoms with Crippen LogP contribution >= 0.6 is 0 Å². The van der Waals surface area contributed by atoms with Crippen molar-refractivity contribution in [1.82, 2.24) is 45.0 Å². The van der Waals surface area contributed by atoms with Gasteiger partial charge in [0.15, 0.2) is 11.4 Å². The lowest BCUT2D eigenvalue weighted by Gasteiger charge is -2.23. The lowest BCUT2D eigenvalue weighted by atomic mass is 10.2. The maximum absolute atomic E-state index is 13.1. The highest BCUT2D eigenvalue weighted by atomic mass is 16.2. The highest BCUT2D eigenvalue weighted by molar-refractivity contribution is 6.05. The molecule has 0 unspecified atom stereocenters. The minimum atomic E-state index is -0.128. The zero-order valence-corrected chi connectivity index (χ0v) is 40.8. The number of nitrogens with zero attached hydrogens (tertiary/aromatic N) is 12. The maximum Gasteiger partial charge on any atom is 0.280 e. The molecule has 360 valence electrons. The van der Waals surface area contributed by atoms with Gasteiger partial charge < -0.3 is 14.7 Å². The standard InChI is InChI=1S/C20H22N4O.C19H20N4O.C18H18N4/c1-3-4-15-23(17-11-7-5-8-12-17)20(25)19-16(2)21-24(22-19)18-13-9-6-10-14-18;1-2-3-14-22(16-10-6-4-7-11-16)19(24)18-15-20-23(21-18)17-12-8-5-9-13-17;1-3-21(16-10-6-4-7-11-16)15(2)18-14-19-22(20-18)17-12-8-5-9-13-17/h5-14H,3-4,15H2,1-2H3;4-13,15H,2-3,14H2,1H3;4-14H,2-3H2,1H3. The van der Waals surface area contributed by atoms with Gasteiger partial charge in [-0.1, -0.05) is 142 Å². The number of carbonyl (C=O) groups excluding carboxylic acids is 2. The number of benzene rings is 6. The first kappa shape index (κ1) is 50.1. The van der Waals surface area contributed by atoms with Crippen molar-refractivity contribution in [1.29, 1.82) is 0 Å². The fraction of sp³-hybridized carbons (Fsp3) is 0.193. The first-order valence-corrected chi connectivity index (χ1v) is 24.0.